The molecule has 0 aliphatic carbocycles. The minimum Gasteiger partial charge on any atom is -0.459 e. The Morgan fingerprint density at radius 1 is 1.10 bits per heavy atom. The van der Waals surface area contributed by atoms with Gasteiger partial charge in [-0.15, -0.1) is 11.3 Å². The number of nitrogens with one attached hydrogen (secondary N) is 2. The molecule has 1 aliphatic rings. The van der Waals surface area contributed by atoms with Gasteiger partial charge in [0.25, 0.3) is 11.8 Å². The Hall–Kier alpha value is -3.01. The molecule has 162 valence electrons. The standard InChI is InChI=1S/C22H24N4O4S/c1-14-10-26(11-15(2)30-14)12-18-13-31-22(24-18)25-20(27)16-5-7-17(8-6-16)23-21(28)19-4-3-9-29-19/h3-9,13-15H,10-12H2,1-2H3,(H,23,28)(H,24,25,27). The molecular formula is C22H24N4O4S. The molecule has 1 aliphatic heterocycles. The van der Waals surface area contributed by atoms with Crippen molar-refractivity contribution in [2.75, 3.05) is 23.7 Å². The van der Waals surface area contributed by atoms with E-state index in [1.807, 2.05) is 5.38 Å². The monoisotopic (exact) mass is 440 g/mol. The third kappa shape index (κ3) is 5.57. The zero-order valence-electron chi connectivity index (χ0n) is 17.3. The van der Waals surface area contributed by atoms with E-state index in [0.29, 0.717) is 16.4 Å². The highest BCUT2D eigenvalue weighted by Gasteiger charge is 2.23. The Balaban J connectivity index is 1.32. The Morgan fingerprint density at radius 2 is 1.84 bits per heavy atom. The van der Waals surface area contributed by atoms with Crippen LogP contribution in [0.25, 0.3) is 0 Å². The van der Waals surface area contributed by atoms with Crippen molar-refractivity contribution in [3.63, 3.8) is 0 Å². The van der Waals surface area contributed by atoms with E-state index in [2.05, 4.69) is 34.4 Å². The third-order valence-corrected chi connectivity index (χ3v) is 5.61. The summed E-state index contributed by atoms with van der Waals surface area (Å²) in [6.07, 6.45) is 1.84. The molecule has 31 heavy (non-hydrogen) atoms. The second-order valence-electron chi connectivity index (χ2n) is 7.56. The summed E-state index contributed by atoms with van der Waals surface area (Å²) < 4.78 is 10.8. The Kier molecular flexibility index (Phi) is 6.45. The van der Waals surface area contributed by atoms with Gasteiger partial charge < -0.3 is 14.5 Å². The number of amides is 2. The summed E-state index contributed by atoms with van der Waals surface area (Å²) in [7, 11) is 0. The van der Waals surface area contributed by atoms with Gasteiger partial charge in [-0.1, -0.05) is 0 Å². The lowest BCUT2D eigenvalue weighted by molar-refractivity contribution is -0.0707. The third-order valence-electron chi connectivity index (χ3n) is 4.80. The highest BCUT2D eigenvalue weighted by atomic mass is 32.1. The molecule has 1 saturated heterocycles. The number of nitrogens with zero attached hydrogens (tertiary/aromatic N) is 2. The summed E-state index contributed by atoms with van der Waals surface area (Å²) in [5, 5.41) is 8.08. The van der Waals surface area contributed by atoms with Crippen LogP contribution in [-0.2, 0) is 11.3 Å². The second kappa shape index (κ2) is 9.42. The average molecular weight is 441 g/mol. The molecule has 0 spiro atoms. The molecule has 2 atom stereocenters. The first kappa shape index (κ1) is 21.2. The number of carbonyl (C=O) groups excluding carboxylic acids is 2. The van der Waals surface area contributed by atoms with E-state index in [1.54, 1.807) is 36.4 Å². The summed E-state index contributed by atoms with van der Waals surface area (Å²) >= 11 is 1.40. The largest absolute Gasteiger partial charge is 0.459 e. The zero-order chi connectivity index (χ0) is 21.8. The van der Waals surface area contributed by atoms with Gasteiger partial charge >= 0.3 is 0 Å². The van der Waals surface area contributed by atoms with E-state index < -0.39 is 0 Å². The fourth-order valence-corrected chi connectivity index (χ4v) is 4.25. The lowest BCUT2D eigenvalue weighted by Crippen LogP contribution is -2.44. The van der Waals surface area contributed by atoms with Gasteiger partial charge in [-0.05, 0) is 50.2 Å². The smallest absolute Gasteiger partial charge is 0.291 e. The highest BCUT2D eigenvalue weighted by molar-refractivity contribution is 7.14. The van der Waals surface area contributed by atoms with Gasteiger partial charge in [0, 0.05) is 36.3 Å². The van der Waals surface area contributed by atoms with Gasteiger partial charge in [-0.2, -0.15) is 0 Å². The van der Waals surface area contributed by atoms with Crippen LogP contribution in [0.3, 0.4) is 0 Å². The molecule has 8 nitrogen and oxygen atoms in total. The summed E-state index contributed by atoms with van der Waals surface area (Å²) in [5.41, 5.74) is 1.98. The summed E-state index contributed by atoms with van der Waals surface area (Å²) in [6.45, 7) is 6.61. The van der Waals surface area contributed by atoms with Crippen LogP contribution in [-0.4, -0.2) is 47.0 Å². The number of furan rings is 1. The van der Waals surface area contributed by atoms with E-state index in [4.69, 9.17) is 9.15 Å². The van der Waals surface area contributed by atoms with E-state index >= 15 is 0 Å². The summed E-state index contributed by atoms with van der Waals surface area (Å²) in [6, 6.07) is 9.87. The molecule has 0 saturated carbocycles. The van der Waals surface area contributed by atoms with Crippen molar-refractivity contribution in [3.8, 4) is 0 Å². The van der Waals surface area contributed by atoms with Crippen molar-refractivity contribution < 1.29 is 18.7 Å². The molecule has 2 amide bonds. The van der Waals surface area contributed by atoms with E-state index in [-0.39, 0.29) is 29.8 Å². The molecule has 3 aromatic rings. The van der Waals surface area contributed by atoms with Gasteiger partial charge in [0.2, 0.25) is 0 Å². The van der Waals surface area contributed by atoms with Gasteiger partial charge in [0.1, 0.15) is 0 Å². The fourth-order valence-electron chi connectivity index (χ4n) is 3.55. The lowest BCUT2D eigenvalue weighted by Gasteiger charge is -2.34. The normalized spacial score (nSPS) is 19.2. The molecule has 3 heterocycles. The molecule has 1 aromatic carbocycles. The second-order valence-corrected chi connectivity index (χ2v) is 8.42. The molecule has 2 unspecified atom stereocenters. The predicted octanol–water partition coefficient (Wildman–Crippen LogP) is 3.85. The average Bonchev–Trinajstić information content (AvgIpc) is 3.40. The zero-order valence-corrected chi connectivity index (χ0v) is 18.1. The van der Waals surface area contributed by atoms with Crippen molar-refractivity contribution in [3.05, 3.63) is 65.1 Å². The van der Waals surface area contributed by atoms with Crippen molar-refractivity contribution >= 4 is 34.0 Å². The molecule has 9 heteroatoms. The Morgan fingerprint density at radius 3 is 2.52 bits per heavy atom. The minimum atomic E-state index is -0.346. The Labute approximate surface area is 184 Å². The quantitative estimate of drug-likeness (QED) is 0.604. The number of rotatable bonds is 6. The van der Waals surface area contributed by atoms with Crippen LogP contribution >= 0.6 is 11.3 Å². The minimum absolute atomic E-state index is 0.202. The topological polar surface area (TPSA) is 96.7 Å². The predicted molar refractivity (Wildman–Crippen MR) is 118 cm³/mol. The van der Waals surface area contributed by atoms with Crippen LogP contribution in [0.1, 0.15) is 40.5 Å². The molecule has 1 fully saturated rings. The summed E-state index contributed by atoms with van der Waals surface area (Å²) in [4.78, 5) is 31.4. The van der Waals surface area contributed by atoms with E-state index in [0.717, 1.165) is 25.3 Å². The van der Waals surface area contributed by atoms with Crippen molar-refractivity contribution in [2.24, 2.45) is 0 Å². The van der Waals surface area contributed by atoms with Crippen LogP contribution in [0, 0.1) is 0 Å². The van der Waals surface area contributed by atoms with Crippen LogP contribution in [0.2, 0.25) is 0 Å². The highest BCUT2D eigenvalue weighted by Crippen LogP contribution is 2.20. The SMILES string of the molecule is CC1CN(Cc2csc(NC(=O)c3ccc(NC(=O)c4ccco4)cc3)n2)CC(C)O1. The Bertz CT molecular complexity index is 1020. The maximum absolute atomic E-state index is 12.5. The first-order chi connectivity index (χ1) is 15.0. The number of anilines is 2. The first-order valence-electron chi connectivity index (χ1n) is 10.0. The number of aromatic nitrogens is 1. The molecule has 0 radical (unpaired) electrons. The molecule has 2 aromatic heterocycles. The molecular weight excluding hydrogens is 416 g/mol. The number of hydrogen-bond donors (Lipinski definition) is 2. The number of morpholine rings is 1. The first-order valence-corrected chi connectivity index (χ1v) is 10.9. The van der Waals surface area contributed by atoms with E-state index in [1.165, 1.54) is 17.6 Å². The fraction of sp³-hybridized carbons (Fsp3) is 0.318. The number of benzene rings is 1. The van der Waals surface area contributed by atoms with Crippen LogP contribution in [0.5, 0.6) is 0 Å². The molecule has 4 rings (SSSR count). The van der Waals surface area contributed by atoms with Gasteiger partial charge in [-0.25, -0.2) is 4.98 Å². The van der Waals surface area contributed by atoms with E-state index in [9.17, 15) is 9.59 Å². The maximum atomic E-state index is 12.5. The maximum Gasteiger partial charge on any atom is 0.291 e. The van der Waals surface area contributed by atoms with Crippen LogP contribution in [0.4, 0.5) is 10.8 Å². The molecule has 2 N–H and O–H groups in total. The van der Waals surface area contributed by atoms with Crippen LogP contribution in [0.15, 0.2) is 52.5 Å². The number of hydrogen-bond acceptors (Lipinski definition) is 7. The number of ether oxygens (including phenoxy) is 1. The number of carbonyl (C=O) groups is 2. The molecule has 0 bridgehead atoms. The summed E-state index contributed by atoms with van der Waals surface area (Å²) in [5.74, 6) is -0.373. The van der Waals surface area contributed by atoms with Crippen molar-refractivity contribution in [2.45, 2.75) is 32.6 Å². The lowest BCUT2D eigenvalue weighted by atomic mass is 10.2. The van der Waals surface area contributed by atoms with Crippen molar-refractivity contribution in [1.29, 1.82) is 0 Å². The van der Waals surface area contributed by atoms with Gasteiger partial charge in [0.15, 0.2) is 10.9 Å². The van der Waals surface area contributed by atoms with Crippen LogP contribution < -0.4 is 10.6 Å². The van der Waals surface area contributed by atoms with Gasteiger partial charge in [0.05, 0.1) is 24.2 Å². The van der Waals surface area contributed by atoms with Crippen molar-refractivity contribution in [1.82, 2.24) is 9.88 Å². The number of thiazole rings is 1. The van der Waals surface area contributed by atoms with Gasteiger partial charge in [-0.3, -0.25) is 19.8 Å².